The monoisotopic (exact) mass is 424 g/mol. The highest BCUT2D eigenvalue weighted by molar-refractivity contribution is 5.74. The largest absolute Gasteiger partial charge is 0.372 e. The lowest BCUT2D eigenvalue weighted by molar-refractivity contribution is 0.866. The van der Waals surface area contributed by atoms with E-state index >= 15 is 0 Å². The summed E-state index contributed by atoms with van der Waals surface area (Å²) in [7, 11) is 0. The summed E-state index contributed by atoms with van der Waals surface area (Å²) in [6.07, 6.45) is 8.75. The molecule has 32 heavy (non-hydrogen) atoms. The van der Waals surface area contributed by atoms with Crippen molar-refractivity contribution in [3.05, 3.63) is 95.1 Å². The van der Waals surface area contributed by atoms with Crippen molar-refractivity contribution in [2.45, 2.75) is 27.7 Å². The summed E-state index contributed by atoms with van der Waals surface area (Å²) in [4.78, 5) is 4.74. The van der Waals surface area contributed by atoms with Crippen molar-refractivity contribution < 1.29 is 0 Å². The van der Waals surface area contributed by atoms with E-state index < -0.39 is 0 Å². The Hall–Kier alpha value is -3.26. The molecule has 166 valence electrons. The van der Waals surface area contributed by atoms with E-state index in [1.807, 2.05) is 0 Å². The molecule has 2 nitrogen and oxygen atoms in total. The Morgan fingerprint density at radius 1 is 0.469 bits per heavy atom. The van der Waals surface area contributed by atoms with Gasteiger partial charge in [0.25, 0.3) is 0 Å². The number of benzene rings is 3. The van der Waals surface area contributed by atoms with Crippen LogP contribution in [0, 0.1) is 0 Å². The highest BCUT2D eigenvalue weighted by Crippen LogP contribution is 2.20. The first-order chi connectivity index (χ1) is 15.7. The molecule has 0 amide bonds. The van der Waals surface area contributed by atoms with Crippen molar-refractivity contribution in [1.82, 2.24) is 0 Å². The molecule has 0 saturated carbocycles. The summed E-state index contributed by atoms with van der Waals surface area (Å²) in [5.41, 5.74) is 7.43. The van der Waals surface area contributed by atoms with Crippen LogP contribution in [0.4, 0.5) is 11.4 Å². The van der Waals surface area contributed by atoms with Gasteiger partial charge in [-0.2, -0.15) is 0 Å². The van der Waals surface area contributed by atoms with Gasteiger partial charge in [0.1, 0.15) is 0 Å². The van der Waals surface area contributed by atoms with Gasteiger partial charge in [-0.15, -0.1) is 0 Å². The van der Waals surface area contributed by atoms with Gasteiger partial charge >= 0.3 is 0 Å². The first-order valence-corrected chi connectivity index (χ1v) is 11.8. The fraction of sp³-hybridized carbons (Fsp3) is 0.267. The smallest absolute Gasteiger partial charge is 0.0372 e. The molecule has 3 rings (SSSR count). The van der Waals surface area contributed by atoms with Gasteiger partial charge in [-0.3, -0.25) is 0 Å². The van der Waals surface area contributed by atoms with Crippen LogP contribution in [-0.4, -0.2) is 26.2 Å². The number of rotatable bonds is 10. The number of hydrogen-bond acceptors (Lipinski definition) is 2. The first kappa shape index (κ1) is 23.4. The van der Waals surface area contributed by atoms with Crippen LogP contribution >= 0.6 is 0 Å². The molecule has 0 radical (unpaired) electrons. The Labute approximate surface area is 194 Å². The molecule has 3 aromatic carbocycles. The maximum absolute atomic E-state index is 2.37. The van der Waals surface area contributed by atoms with Gasteiger partial charge < -0.3 is 9.80 Å². The molecule has 3 aromatic rings. The first-order valence-electron chi connectivity index (χ1n) is 11.8. The van der Waals surface area contributed by atoms with E-state index in [1.165, 1.54) is 33.6 Å². The van der Waals surface area contributed by atoms with Gasteiger partial charge in [-0.1, -0.05) is 72.8 Å². The van der Waals surface area contributed by atoms with Crippen LogP contribution < -0.4 is 9.80 Å². The Kier molecular flexibility index (Phi) is 8.74. The van der Waals surface area contributed by atoms with Gasteiger partial charge in [-0.05, 0) is 74.2 Å². The highest BCUT2D eigenvalue weighted by atomic mass is 15.1. The summed E-state index contributed by atoms with van der Waals surface area (Å²) in [6.45, 7) is 12.9. The second-order valence-corrected chi connectivity index (χ2v) is 7.87. The molecule has 0 unspecified atom stereocenters. The second-order valence-electron chi connectivity index (χ2n) is 7.87. The van der Waals surface area contributed by atoms with Crippen molar-refractivity contribution in [2.24, 2.45) is 0 Å². The molecule has 0 aliphatic carbocycles. The molecule has 0 heterocycles. The second kappa shape index (κ2) is 12.0. The van der Waals surface area contributed by atoms with E-state index in [-0.39, 0.29) is 0 Å². The highest BCUT2D eigenvalue weighted by Gasteiger charge is 2.02. The fourth-order valence-corrected chi connectivity index (χ4v) is 3.93. The number of hydrogen-bond donors (Lipinski definition) is 0. The zero-order valence-electron chi connectivity index (χ0n) is 20.0. The predicted molar refractivity (Wildman–Crippen MR) is 144 cm³/mol. The van der Waals surface area contributed by atoms with E-state index in [4.69, 9.17) is 0 Å². The molecule has 2 heteroatoms. The minimum absolute atomic E-state index is 1.03. The Morgan fingerprint density at radius 2 is 0.812 bits per heavy atom. The van der Waals surface area contributed by atoms with E-state index in [0.29, 0.717) is 0 Å². The SMILES string of the molecule is CCN(CC)c1cccc(C=Cc2ccc(C=Cc3cccc(N(CC)CC)c3)cc2)c1. The summed E-state index contributed by atoms with van der Waals surface area (Å²) in [5, 5.41) is 0. The summed E-state index contributed by atoms with van der Waals surface area (Å²) < 4.78 is 0. The quantitative estimate of drug-likeness (QED) is 0.307. The summed E-state index contributed by atoms with van der Waals surface area (Å²) >= 11 is 0. The van der Waals surface area contributed by atoms with Crippen molar-refractivity contribution >= 4 is 35.7 Å². The van der Waals surface area contributed by atoms with Crippen LogP contribution in [0.1, 0.15) is 49.9 Å². The molecular formula is C30H36N2. The zero-order valence-corrected chi connectivity index (χ0v) is 20.0. The van der Waals surface area contributed by atoms with Gasteiger partial charge in [0.15, 0.2) is 0 Å². The normalized spacial score (nSPS) is 11.4. The van der Waals surface area contributed by atoms with Crippen molar-refractivity contribution in [1.29, 1.82) is 0 Å². The Balaban J connectivity index is 1.67. The van der Waals surface area contributed by atoms with Crippen molar-refractivity contribution in [3.8, 4) is 0 Å². The number of anilines is 2. The van der Waals surface area contributed by atoms with Gasteiger partial charge in [0.05, 0.1) is 0 Å². The minimum atomic E-state index is 1.03. The fourth-order valence-electron chi connectivity index (χ4n) is 3.93. The summed E-state index contributed by atoms with van der Waals surface area (Å²) in [6, 6.07) is 26.2. The lowest BCUT2D eigenvalue weighted by Gasteiger charge is -2.21. The Bertz CT molecular complexity index is 938. The number of nitrogens with zero attached hydrogens (tertiary/aromatic N) is 2. The van der Waals surface area contributed by atoms with Crippen LogP contribution in [0.2, 0.25) is 0 Å². The predicted octanol–water partition coefficient (Wildman–Crippen LogP) is 7.72. The lowest BCUT2D eigenvalue weighted by atomic mass is 10.1. The molecular weight excluding hydrogens is 388 g/mol. The molecule has 0 bridgehead atoms. The van der Waals surface area contributed by atoms with E-state index in [0.717, 1.165) is 26.2 Å². The maximum Gasteiger partial charge on any atom is 0.0372 e. The summed E-state index contributed by atoms with van der Waals surface area (Å²) in [5.74, 6) is 0. The molecule has 0 fully saturated rings. The van der Waals surface area contributed by atoms with Crippen LogP contribution in [-0.2, 0) is 0 Å². The lowest BCUT2D eigenvalue weighted by Crippen LogP contribution is -2.21. The maximum atomic E-state index is 2.37. The molecule has 0 N–H and O–H groups in total. The minimum Gasteiger partial charge on any atom is -0.372 e. The van der Waals surface area contributed by atoms with Crippen LogP contribution in [0.5, 0.6) is 0 Å². The molecule has 0 atom stereocenters. The topological polar surface area (TPSA) is 6.48 Å². The van der Waals surface area contributed by atoms with E-state index in [1.54, 1.807) is 0 Å². The molecule has 0 aliphatic heterocycles. The van der Waals surface area contributed by atoms with Gasteiger partial charge in [0, 0.05) is 37.6 Å². The van der Waals surface area contributed by atoms with Crippen molar-refractivity contribution in [3.63, 3.8) is 0 Å². The molecule has 0 aliphatic rings. The molecule has 0 spiro atoms. The van der Waals surface area contributed by atoms with Gasteiger partial charge in [0.2, 0.25) is 0 Å². The van der Waals surface area contributed by atoms with E-state index in [9.17, 15) is 0 Å². The van der Waals surface area contributed by atoms with E-state index in [2.05, 4.69) is 135 Å². The third-order valence-electron chi connectivity index (χ3n) is 5.87. The zero-order chi connectivity index (χ0) is 22.8. The van der Waals surface area contributed by atoms with Gasteiger partial charge in [-0.25, -0.2) is 0 Å². The van der Waals surface area contributed by atoms with Crippen LogP contribution in [0.3, 0.4) is 0 Å². The average Bonchev–Trinajstić information content (AvgIpc) is 2.84. The average molecular weight is 425 g/mol. The third kappa shape index (κ3) is 6.37. The standard InChI is InChI=1S/C30H36N2/c1-5-31(6-2)29-13-9-11-27(23-29)21-19-25-15-17-26(18-16-25)20-22-28-12-10-14-30(24-28)32(7-3)8-4/h9-24H,5-8H2,1-4H3. The molecule has 0 saturated heterocycles. The Morgan fingerprint density at radius 3 is 1.16 bits per heavy atom. The third-order valence-corrected chi connectivity index (χ3v) is 5.87. The van der Waals surface area contributed by atoms with Crippen LogP contribution in [0.15, 0.2) is 72.8 Å². The van der Waals surface area contributed by atoms with Crippen molar-refractivity contribution in [2.75, 3.05) is 36.0 Å². The molecule has 0 aromatic heterocycles. The van der Waals surface area contributed by atoms with Crippen LogP contribution in [0.25, 0.3) is 24.3 Å².